The first kappa shape index (κ1) is 10.3. The van der Waals surface area contributed by atoms with Crippen LogP contribution in [0.5, 0.6) is 0 Å². The second-order valence-corrected chi connectivity index (χ2v) is 4.43. The summed E-state index contributed by atoms with van der Waals surface area (Å²) in [6, 6.07) is 0. The number of piperidine rings is 1. The number of ether oxygens (including phenoxy) is 1. The summed E-state index contributed by atoms with van der Waals surface area (Å²) >= 11 is 0. The van der Waals surface area contributed by atoms with Gasteiger partial charge in [-0.05, 0) is 12.8 Å². The van der Waals surface area contributed by atoms with Gasteiger partial charge in [0, 0.05) is 19.0 Å². The normalized spacial score (nSPS) is 29.3. The van der Waals surface area contributed by atoms with E-state index >= 15 is 0 Å². The SMILES string of the molecule is CC1COC(=O)C12CCN(C(=O)O)CC2. The highest BCUT2D eigenvalue weighted by Gasteiger charge is 2.51. The first-order valence-corrected chi connectivity index (χ1v) is 5.21. The van der Waals surface area contributed by atoms with Crippen molar-refractivity contribution in [2.45, 2.75) is 19.8 Å². The maximum absolute atomic E-state index is 11.6. The van der Waals surface area contributed by atoms with Gasteiger partial charge in [-0.25, -0.2) is 4.79 Å². The zero-order valence-electron chi connectivity index (χ0n) is 8.73. The number of amides is 1. The van der Waals surface area contributed by atoms with Crippen LogP contribution in [0.25, 0.3) is 0 Å². The van der Waals surface area contributed by atoms with Crippen LogP contribution in [0.1, 0.15) is 19.8 Å². The van der Waals surface area contributed by atoms with Gasteiger partial charge in [-0.1, -0.05) is 6.92 Å². The number of likely N-dealkylation sites (tertiary alicyclic amines) is 1. The molecule has 0 aliphatic carbocycles. The highest BCUT2D eigenvalue weighted by molar-refractivity contribution is 5.79. The molecule has 0 aromatic carbocycles. The Balaban J connectivity index is 2.08. The molecule has 15 heavy (non-hydrogen) atoms. The number of rotatable bonds is 0. The summed E-state index contributed by atoms with van der Waals surface area (Å²) in [5.74, 6) is 0.0704. The van der Waals surface area contributed by atoms with Crippen molar-refractivity contribution in [1.29, 1.82) is 0 Å². The summed E-state index contributed by atoms with van der Waals surface area (Å²) in [4.78, 5) is 23.7. The van der Waals surface area contributed by atoms with Crippen molar-refractivity contribution < 1.29 is 19.4 Å². The summed E-state index contributed by atoms with van der Waals surface area (Å²) in [6.07, 6.45) is 0.294. The fourth-order valence-electron chi connectivity index (χ4n) is 2.50. The third-order valence-corrected chi connectivity index (χ3v) is 3.74. The van der Waals surface area contributed by atoms with E-state index in [0.717, 1.165) is 0 Å². The summed E-state index contributed by atoms with van der Waals surface area (Å²) in [6.45, 7) is 3.36. The fourth-order valence-corrected chi connectivity index (χ4v) is 2.50. The molecule has 2 aliphatic heterocycles. The van der Waals surface area contributed by atoms with E-state index in [9.17, 15) is 9.59 Å². The average molecular weight is 213 g/mol. The lowest BCUT2D eigenvalue weighted by Gasteiger charge is -2.37. The second-order valence-electron chi connectivity index (χ2n) is 4.43. The topological polar surface area (TPSA) is 66.8 Å². The Kier molecular flexibility index (Phi) is 2.32. The third-order valence-electron chi connectivity index (χ3n) is 3.74. The van der Waals surface area contributed by atoms with Crippen LogP contribution in [-0.2, 0) is 9.53 Å². The highest BCUT2D eigenvalue weighted by Crippen LogP contribution is 2.44. The summed E-state index contributed by atoms with van der Waals surface area (Å²) in [5, 5.41) is 8.81. The predicted octanol–water partition coefficient (Wildman–Crippen LogP) is 0.939. The van der Waals surface area contributed by atoms with E-state index in [0.29, 0.717) is 32.5 Å². The molecule has 5 nitrogen and oxygen atoms in total. The van der Waals surface area contributed by atoms with Crippen molar-refractivity contribution in [3.05, 3.63) is 0 Å². The number of hydrogen-bond donors (Lipinski definition) is 1. The molecular weight excluding hydrogens is 198 g/mol. The quantitative estimate of drug-likeness (QED) is 0.608. The molecule has 0 radical (unpaired) electrons. The number of esters is 1. The van der Waals surface area contributed by atoms with E-state index in [1.54, 1.807) is 0 Å². The van der Waals surface area contributed by atoms with Gasteiger partial charge in [-0.15, -0.1) is 0 Å². The van der Waals surface area contributed by atoms with Crippen LogP contribution in [0, 0.1) is 11.3 Å². The predicted molar refractivity (Wildman–Crippen MR) is 51.4 cm³/mol. The average Bonchev–Trinajstić information content (AvgIpc) is 2.48. The van der Waals surface area contributed by atoms with E-state index < -0.39 is 11.5 Å². The smallest absolute Gasteiger partial charge is 0.407 e. The Morgan fingerprint density at radius 3 is 2.53 bits per heavy atom. The largest absolute Gasteiger partial charge is 0.465 e. The van der Waals surface area contributed by atoms with E-state index in [2.05, 4.69) is 0 Å². The molecule has 1 N–H and O–H groups in total. The Bertz CT molecular complexity index is 294. The Morgan fingerprint density at radius 2 is 2.13 bits per heavy atom. The van der Waals surface area contributed by atoms with Gasteiger partial charge in [0.25, 0.3) is 0 Å². The molecule has 2 saturated heterocycles. The van der Waals surface area contributed by atoms with Crippen molar-refractivity contribution in [1.82, 2.24) is 4.90 Å². The Hall–Kier alpha value is -1.26. The summed E-state index contributed by atoms with van der Waals surface area (Å²) in [5.41, 5.74) is -0.411. The lowest BCUT2D eigenvalue weighted by molar-refractivity contribution is -0.148. The molecule has 0 aromatic heterocycles. The van der Waals surface area contributed by atoms with Crippen molar-refractivity contribution in [3.8, 4) is 0 Å². The number of hydrogen-bond acceptors (Lipinski definition) is 3. The molecular formula is C10H15NO4. The molecule has 2 rings (SSSR count). The van der Waals surface area contributed by atoms with Crippen molar-refractivity contribution in [3.63, 3.8) is 0 Å². The number of carboxylic acid groups (broad SMARTS) is 1. The van der Waals surface area contributed by atoms with Crippen LogP contribution < -0.4 is 0 Å². The maximum Gasteiger partial charge on any atom is 0.407 e. The summed E-state index contributed by atoms with van der Waals surface area (Å²) < 4.78 is 5.05. The number of cyclic esters (lactones) is 1. The van der Waals surface area contributed by atoms with Gasteiger partial charge in [0.15, 0.2) is 0 Å². The molecule has 84 valence electrons. The highest BCUT2D eigenvalue weighted by atomic mass is 16.5. The van der Waals surface area contributed by atoms with E-state index in [-0.39, 0.29) is 11.9 Å². The molecule has 2 aliphatic rings. The Labute approximate surface area is 88.0 Å². The molecule has 5 heteroatoms. The van der Waals surface area contributed by atoms with E-state index in [1.807, 2.05) is 6.92 Å². The van der Waals surface area contributed by atoms with Gasteiger partial charge >= 0.3 is 12.1 Å². The Morgan fingerprint density at radius 1 is 1.53 bits per heavy atom. The zero-order chi connectivity index (χ0) is 11.1. The van der Waals surface area contributed by atoms with Gasteiger partial charge in [0.2, 0.25) is 0 Å². The van der Waals surface area contributed by atoms with Crippen LogP contribution in [0.2, 0.25) is 0 Å². The van der Waals surface area contributed by atoms with Gasteiger partial charge in [0.05, 0.1) is 12.0 Å². The molecule has 1 amide bonds. The van der Waals surface area contributed by atoms with Gasteiger partial charge in [0.1, 0.15) is 0 Å². The number of nitrogens with zero attached hydrogens (tertiary/aromatic N) is 1. The van der Waals surface area contributed by atoms with Gasteiger partial charge in [-0.3, -0.25) is 4.79 Å². The molecule has 0 saturated carbocycles. The number of carbonyl (C=O) groups is 2. The van der Waals surface area contributed by atoms with Crippen molar-refractivity contribution >= 4 is 12.1 Å². The first-order chi connectivity index (χ1) is 7.06. The molecule has 1 atom stereocenters. The van der Waals surface area contributed by atoms with Gasteiger partial charge in [-0.2, -0.15) is 0 Å². The lowest BCUT2D eigenvalue weighted by Crippen LogP contribution is -2.46. The minimum Gasteiger partial charge on any atom is -0.465 e. The standard InChI is InChI=1S/C10H15NO4/c1-7-6-15-8(12)10(7)2-4-11(5-3-10)9(13)14/h7H,2-6H2,1H3,(H,13,14). The molecule has 0 aromatic rings. The van der Waals surface area contributed by atoms with E-state index in [1.165, 1.54) is 4.90 Å². The molecule has 1 spiro atoms. The molecule has 0 bridgehead atoms. The fraction of sp³-hybridized carbons (Fsp3) is 0.800. The molecule has 2 heterocycles. The maximum atomic E-state index is 11.6. The molecule has 2 fully saturated rings. The van der Waals surface area contributed by atoms with Crippen molar-refractivity contribution in [2.24, 2.45) is 11.3 Å². The van der Waals surface area contributed by atoms with E-state index in [4.69, 9.17) is 9.84 Å². The van der Waals surface area contributed by atoms with Gasteiger partial charge < -0.3 is 14.7 Å². The minimum absolute atomic E-state index is 0.139. The van der Waals surface area contributed by atoms with Crippen LogP contribution in [0.4, 0.5) is 4.79 Å². The van der Waals surface area contributed by atoms with Crippen LogP contribution in [0.3, 0.4) is 0 Å². The van der Waals surface area contributed by atoms with Crippen LogP contribution >= 0.6 is 0 Å². The third kappa shape index (κ3) is 1.46. The van der Waals surface area contributed by atoms with Crippen LogP contribution in [0.15, 0.2) is 0 Å². The monoisotopic (exact) mass is 213 g/mol. The molecule has 1 unspecified atom stereocenters. The number of carbonyl (C=O) groups excluding carboxylic acids is 1. The summed E-state index contributed by atoms with van der Waals surface area (Å²) in [7, 11) is 0. The zero-order valence-corrected chi connectivity index (χ0v) is 8.73. The van der Waals surface area contributed by atoms with Crippen LogP contribution in [-0.4, -0.2) is 41.8 Å². The second kappa shape index (κ2) is 3.40. The minimum atomic E-state index is -0.899. The first-order valence-electron chi connectivity index (χ1n) is 5.21. The van der Waals surface area contributed by atoms with Crippen molar-refractivity contribution in [2.75, 3.05) is 19.7 Å². The lowest BCUT2D eigenvalue weighted by atomic mass is 9.71.